The summed E-state index contributed by atoms with van der Waals surface area (Å²) in [4.78, 5) is 23.3. The van der Waals surface area contributed by atoms with Gasteiger partial charge in [0, 0.05) is 13.0 Å². The molecule has 0 heterocycles. The van der Waals surface area contributed by atoms with E-state index in [0.29, 0.717) is 19.4 Å². The Kier molecular flexibility index (Phi) is 4.89. The Labute approximate surface area is 131 Å². The first-order valence-corrected chi connectivity index (χ1v) is 7.91. The quantitative estimate of drug-likeness (QED) is 0.849. The number of benzene rings is 1. The van der Waals surface area contributed by atoms with E-state index in [4.69, 9.17) is 0 Å². The van der Waals surface area contributed by atoms with Crippen LogP contribution in [0.25, 0.3) is 0 Å². The first kappa shape index (κ1) is 16.5. The minimum Gasteiger partial charge on any atom is -0.481 e. The summed E-state index contributed by atoms with van der Waals surface area (Å²) in [6, 6.07) is 4.30. The Morgan fingerprint density at radius 2 is 1.77 bits per heavy atom. The number of carboxylic acid groups (broad SMARTS) is 1. The average Bonchev–Trinajstić information content (AvgIpc) is 2.36. The molecular formula is C18H25NO3. The van der Waals surface area contributed by atoms with Crippen molar-refractivity contribution in [2.45, 2.75) is 52.9 Å². The van der Waals surface area contributed by atoms with Crippen molar-refractivity contribution in [2.24, 2.45) is 5.41 Å². The summed E-state index contributed by atoms with van der Waals surface area (Å²) in [5.74, 6) is -0.983. The third-order valence-corrected chi connectivity index (χ3v) is 4.80. The fourth-order valence-electron chi connectivity index (χ4n) is 3.37. The molecule has 0 unspecified atom stereocenters. The standard InChI is InChI=1S/C18H25NO3/c1-12-9-13(2)15(14(3)10-12)5-8-19-16(20)11-18(17(21)22)6-4-7-18/h9-10H,4-8,11H2,1-3H3,(H,19,20)(H,21,22). The van der Waals surface area contributed by atoms with Gasteiger partial charge in [0.2, 0.25) is 5.91 Å². The number of carbonyl (C=O) groups excluding carboxylic acids is 1. The van der Waals surface area contributed by atoms with Crippen LogP contribution < -0.4 is 5.32 Å². The lowest BCUT2D eigenvalue weighted by molar-refractivity contribution is -0.157. The number of aliphatic carboxylic acids is 1. The summed E-state index contributed by atoms with van der Waals surface area (Å²) in [5, 5.41) is 12.1. The van der Waals surface area contributed by atoms with Gasteiger partial charge in [-0.3, -0.25) is 9.59 Å². The zero-order valence-corrected chi connectivity index (χ0v) is 13.7. The van der Waals surface area contributed by atoms with E-state index in [1.165, 1.54) is 22.3 Å². The number of hydrogen-bond donors (Lipinski definition) is 2. The van der Waals surface area contributed by atoms with Gasteiger partial charge in [-0.2, -0.15) is 0 Å². The van der Waals surface area contributed by atoms with Crippen LogP contribution in [-0.4, -0.2) is 23.5 Å². The molecule has 0 saturated heterocycles. The molecule has 4 nitrogen and oxygen atoms in total. The van der Waals surface area contributed by atoms with Gasteiger partial charge < -0.3 is 10.4 Å². The monoisotopic (exact) mass is 303 g/mol. The largest absolute Gasteiger partial charge is 0.481 e. The number of carboxylic acids is 1. The highest BCUT2D eigenvalue weighted by molar-refractivity contribution is 5.85. The number of rotatable bonds is 6. The van der Waals surface area contributed by atoms with Crippen LogP contribution in [0, 0.1) is 26.2 Å². The molecule has 1 amide bonds. The molecular weight excluding hydrogens is 278 g/mol. The molecule has 1 aromatic rings. The van der Waals surface area contributed by atoms with Crippen molar-refractivity contribution in [3.63, 3.8) is 0 Å². The van der Waals surface area contributed by atoms with Gasteiger partial charge in [-0.05, 0) is 56.7 Å². The molecule has 1 fully saturated rings. The Morgan fingerprint density at radius 1 is 1.18 bits per heavy atom. The van der Waals surface area contributed by atoms with Crippen molar-refractivity contribution in [3.8, 4) is 0 Å². The van der Waals surface area contributed by atoms with E-state index in [1.54, 1.807) is 0 Å². The Bertz CT molecular complexity index is 565. The Balaban J connectivity index is 1.86. The molecule has 0 radical (unpaired) electrons. The highest BCUT2D eigenvalue weighted by Gasteiger charge is 2.45. The molecule has 0 bridgehead atoms. The van der Waals surface area contributed by atoms with Crippen LogP contribution in [0.15, 0.2) is 12.1 Å². The lowest BCUT2D eigenvalue weighted by atomic mass is 9.66. The predicted octanol–water partition coefficient (Wildman–Crippen LogP) is 2.92. The van der Waals surface area contributed by atoms with E-state index in [2.05, 4.69) is 38.2 Å². The van der Waals surface area contributed by atoms with Crippen LogP contribution >= 0.6 is 0 Å². The van der Waals surface area contributed by atoms with E-state index in [1.807, 2.05) is 0 Å². The maximum Gasteiger partial charge on any atom is 0.310 e. The number of nitrogens with one attached hydrogen (secondary N) is 1. The van der Waals surface area contributed by atoms with Crippen molar-refractivity contribution < 1.29 is 14.7 Å². The van der Waals surface area contributed by atoms with E-state index in [9.17, 15) is 14.7 Å². The van der Waals surface area contributed by atoms with Crippen LogP contribution in [0.4, 0.5) is 0 Å². The smallest absolute Gasteiger partial charge is 0.310 e. The summed E-state index contributed by atoms with van der Waals surface area (Å²) in [6.07, 6.45) is 3.02. The van der Waals surface area contributed by atoms with Crippen molar-refractivity contribution >= 4 is 11.9 Å². The molecule has 1 saturated carbocycles. The molecule has 0 atom stereocenters. The van der Waals surface area contributed by atoms with Crippen molar-refractivity contribution in [2.75, 3.05) is 6.54 Å². The summed E-state index contributed by atoms with van der Waals surface area (Å²) in [7, 11) is 0. The number of amides is 1. The van der Waals surface area contributed by atoms with E-state index < -0.39 is 11.4 Å². The van der Waals surface area contributed by atoms with Crippen molar-refractivity contribution in [1.29, 1.82) is 0 Å². The Hall–Kier alpha value is -1.84. The van der Waals surface area contributed by atoms with Gasteiger partial charge in [0.1, 0.15) is 0 Å². The van der Waals surface area contributed by atoms with Crippen LogP contribution in [0.5, 0.6) is 0 Å². The molecule has 0 spiro atoms. The second-order valence-corrected chi connectivity index (χ2v) is 6.59. The van der Waals surface area contributed by atoms with Gasteiger partial charge in [-0.15, -0.1) is 0 Å². The topological polar surface area (TPSA) is 66.4 Å². The van der Waals surface area contributed by atoms with Crippen molar-refractivity contribution in [3.05, 3.63) is 34.4 Å². The molecule has 1 aliphatic rings. The summed E-state index contributed by atoms with van der Waals surface area (Å²) in [6.45, 7) is 6.81. The maximum atomic E-state index is 12.0. The van der Waals surface area contributed by atoms with Crippen molar-refractivity contribution in [1.82, 2.24) is 5.32 Å². The number of hydrogen-bond acceptors (Lipinski definition) is 2. The molecule has 2 rings (SSSR count). The van der Waals surface area contributed by atoms with E-state index in [0.717, 1.165) is 12.8 Å². The van der Waals surface area contributed by atoms with E-state index >= 15 is 0 Å². The molecule has 22 heavy (non-hydrogen) atoms. The molecule has 1 aliphatic carbocycles. The minimum absolute atomic E-state index is 0.105. The first-order chi connectivity index (χ1) is 10.3. The normalized spacial score (nSPS) is 16.0. The fourth-order valence-corrected chi connectivity index (χ4v) is 3.37. The zero-order chi connectivity index (χ0) is 16.3. The summed E-state index contributed by atoms with van der Waals surface area (Å²) < 4.78 is 0. The molecule has 0 aliphatic heterocycles. The number of carbonyl (C=O) groups is 2. The second kappa shape index (κ2) is 6.51. The zero-order valence-electron chi connectivity index (χ0n) is 13.7. The third-order valence-electron chi connectivity index (χ3n) is 4.80. The highest BCUT2D eigenvalue weighted by atomic mass is 16.4. The van der Waals surface area contributed by atoms with Gasteiger partial charge in [0.15, 0.2) is 0 Å². The van der Waals surface area contributed by atoms with Crippen LogP contribution in [-0.2, 0) is 16.0 Å². The van der Waals surface area contributed by atoms with Gasteiger partial charge in [-0.1, -0.05) is 24.1 Å². The van der Waals surface area contributed by atoms with Crippen LogP contribution in [0.2, 0.25) is 0 Å². The van der Waals surface area contributed by atoms with Gasteiger partial charge >= 0.3 is 5.97 Å². The average molecular weight is 303 g/mol. The van der Waals surface area contributed by atoms with Gasteiger partial charge in [-0.25, -0.2) is 0 Å². The minimum atomic E-state index is -0.834. The first-order valence-electron chi connectivity index (χ1n) is 7.91. The van der Waals surface area contributed by atoms with Crippen LogP contribution in [0.1, 0.15) is 47.9 Å². The number of aryl methyl sites for hydroxylation is 3. The second-order valence-electron chi connectivity index (χ2n) is 6.59. The SMILES string of the molecule is Cc1cc(C)c(CCNC(=O)CC2(C(=O)O)CCC2)c(C)c1. The van der Waals surface area contributed by atoms with Gasteiger partial charge in [0.05, 0.1) is 5.41 Å². The third kappa shape index (κ3) is 3.49. The maximum absolute atomic E-state index is 12.0. The molecule has 1 aromatic carbocycles. The molecule has 4 heteroatoms. The Morgan fingerprint density at radius 3 is 2.23 bits per heavy atom. The molecule has 120 valence electrons. The summed E-state index contributed by atoms with van der Waals surface area (Å²) in [5.41, 5.74) is 4.19. The fraction of sp³-hybridized carbons (Fsp3) is 0.556. The highest BCUT2D eigenvalue weighted by Crippen LogP contribution is 2.44. The predicted molar refractivity (Wildman–Crippen MR) is 85.9 cm³/mol. The molecule has 0 aromatic heterocycles. The van der Waals surface area contributed by atoms with E-state index in [-0.39, 0.29) is 12.3 Å². The lowest BCUT2D eigenvalue weighted by Crippen LogP contribution is -2.42. The molecule has 2 N–H and O–H groups in total. The van der Waals surface area contributed by atoms with Gasteiger partial charge in [0.25, 0.3) is 0 Å². The van der Waals surface area contributed by atoms with Crippen LogP contribution in [0.3, 0.4) is 0 Å². The lowest BCUT2D eigenvalue weighted by Gasteiger charge is -2.36. The summed E-state index contributed by atoms with van der Waals surface area (Å²) >= 11 is 0.